The molecule has 1 N–H and O–H groups in total. The Bertz CT molecular complexity index is 620. The molecule has 22 heavy (non-hydrogen) atoms. The lowest BCUT2D eigenvalue weighted by atomic mass is 9.92. The summed E-state index contributed by atoms with van der Waals surface area (Å²) in [7, 11) is 0. The Kier molecular flexibility index (Phi) is 5.23. The third-order valence-electron chi connectivity index (χ3n) is 5.30. The molecule has 0 atom stereocenters. The second kappa shape index (κ2) is 7.35. The number of fused-ring (bicyclic) bond motifs is 3. The highest BCUT2D eigenvalue weighted by molar-refractivity contribution is 5.89. The van der Waals surface area contributed by atoms with Gasteiger partial charge in [0.2, 0.25) is 0 Å². The third-order valence-corrected chi connectivity index (χ3v) is 5.30. The molecule has 120 valence electrons. The Labute approximate surface area is 135 Å². The van der Waals surface area contributed by atoms with E-state index in [0.717, 1.165) is 0 Å². The fourth-order valence-electron chi connectivity index (χ4n) is 4.10. The normalized spacial score (nSPS) is 13.9. The topological polar surface area (TPSA) is 15.8 Å². The van der Waals surface area contributed by atoms with Gasteiger partial charge in [-0.1, -0.05) is 45.6 Å². The van der Waals surface area contributed by atoms with Gasteiger partial charge in [-0.25, -0.2) is 0 Å². The van der Waals surface area contributed by atoms with Crippen LogP contribution in [0, 0.1) is 0 Å². The van der Waals surface area contributed by atoms with Gasteiger partial charge in [0.1, 0.15) is 0 Å². The molecule has 0 aliphatic heterocycles. The average molecular weight is 297 g/mol. The molecule has 1 aliphatic rings. The minimum Gasteiger partial charge on any atom is -0.358 e. The maximum Gasteiger partial charge on any atom is 0.0461 e. The highest BCUT2D eigenvalue weighted by atomic mass is 14.7. The number of aromatic nitrogens is 1. The molecule has 3 rings (SSSR count). The monoisotopic (exact) mass is 297 g/mol. The van der Waals surface area contributed by atoms with Crippen LogP contribution in [0.4, 0.5) is 0 Å². The molecular formula is C21H31N. The Morgan fingerprint density at radius 3 is 2.45 bits per heavy atom. The van der Waals surface area contributed by atoms with Crippen molar-refractivity contribution in [3.8, 4) is 0 Å². The van der Waals surface area contributed by atoms with E-state index >= 15 is 0 Å². The Morgan fingerprint density at radius 1 is 0.909 bits per heavy atom. The molecule has 0 saturated carbocycles. The quantitative estimate of drug-likeness (QED) is 0.565. The van der Waals surface area contributed by atoms with Crippen molar-refractivity contribution in [3.63, 3.8) is 0 Å². The van der Waals surface area contributed by atoms with E-state index in [-0.39, 0.29) is 0 Å². The summed E-state index contributed by atoms with van der Waals surface area (Å²) in [6, 6.07) is 4.75. The van der Waals surface area contributed by atoms with Gasteiger partial charge in [0.15, 0.2) is 0 Å². The Hall–Kier alpha value is -1.24. The SMILES string of the molecule is CCCCCc1ccc2[nH]c3c(c2c1CCCCC)CCC3. The van der Waals surface area contributed by atoms with Crippen molar-refractivity contribution >= 4 is 10.9 Å². The van der Waals surface area contributed by atoms with Crippen molar-refractivity contribution in [1.29, 1.82) is 0 Å². The van der Waals surface area contributed by atoms with Gasteiger partial charge in [0.05, 0.1) is 0 Å². The molecule has 1 heteroatoms. The van der Waals surface area contributed by atoms with Gasteiger partial charge in [-0.05, 0) is 67.7 Å². The van der Waals surface area contributed by atoms with Crippen molar-refractivity contribution in [3.05, 3.63) is 34.5 Å². The molecule has 0 saturated heterocycles. The summed E-state index contributed by atoms with van der Waals surface area (Å²) in [5.41, 5.74) is 7.89. The predicted octanol–water partition coefficient (Wildman–Crippen LogP) is 6.12. The zero-order valence-corrected chi connectivity index (χ0v) is 14.4. The van der Waals surface area contributed by atoms with Crippen LogP contribution in [0.5, 0.6) is 0 Å². The molecule has 1 aromatic heterocycles. The minimum absolute atomic E-state index is 1.25. The van der Waals surface area contributed by atoms with Gasteiger partial charge in [-0.15, -0.1) is 0 Å². The van der Waals surface area contributed by atoms with E-state index in [1.165, 1.54) is 81.8 Å². The maximum atomic E-state index is 3.70. The van der Waals surface area contributed by atoms with E-state index in [9.17, 15) is 0 Å². The van der Waals surface area contributed by atoms with Crippen LogP contribution in [-0.2, 0) is 25.7 Å². The molecule has 1 aliphatic carbocycles. The number of aromatic amines is 1. The lowest BCUT2D eigenvalue weighted by Gasteiger charge is -2.13. The summed E-state index contributed by atoms with van der Waals surface area (Å²) >= 11 is 0. The van der Waals surface area contributed by atoms with E-state index in [4.69, 9.17) is 0 Å². The summed E-state index contributed by atoms with van der Waals surface area (Å²) in [5, 5.41) is 1.61. The Balaban J connectivity index is 1.95. The van der Waals surface area contributed by atoms with Crippen LogP contribution >= 0.6 is 0 Å². The van der Waals surface area contributed by atoms with Crippen LogP contribution in [0.2, 0.25) is 0 Å². The first-order valence-corrected chi connectivity index (χ1v) is 9.49. The van der Waals surface area contributed by atoms with E-state index in [1.54, 1.807) is 22.1 Å². The molecule has 1 aromatic carbocycles. The number of benzene rings is 1. The van der Waals surface area contributed by atoms with Crippen LogP contribution in [0.25, 0.3) is 10.9 Å². The average Bonchev–Trinajstić information content (AvgIpc) is 3.09. The first kappa shape index (κ1) is 15.6. The van der Waals surface area contributed by atoms with Crippen molar-refractivity contribution in [2.45, 2.75) is 84.5 Å². The molecule has 0 amide bonds. The molecule has 1 heterocycles. The highest BCUT2D eigenvalue weighted by Crippen LogP contribution is 2.35. The van der Waals surface area contributed by atoms with Crippen LogP contribution in [-0.4, -0.2) is 4.98 Å². The summed E-state index contributed by atoms with van der Waals surface area (Å²) < 4.78 is 0. The predicted molar refractivity (Wildman–Crippen MR) is 96.8 cm³/mol. The van der Waals surface area contributed by atoms with Gasteiger partial charge in [0, 0.05) is 16.6 Å². The lowest BCUT2D eigenvalue weighted by molar-refractivity contribution is 0.695. The van der Waals surface area contributed by atoms with Crippen LogP contribution in [0.3, 0.4) is 0 Å². The fourth-order valence-corrected chi connectivity index (χ4v) is 4.10. The largest absolute Gasteiger partial charge is 0.358 e. The number of nitrogens with one attached hydrogen (secondary N) is 1. The summed E-state index contributed by atoms with van der Waals surface area (Å²) in [4.78, 5) is 3.70. The zero-order chi connectivity index (χ0) is 15.4. The van der Waals surface area contributed by atoms with E-state index in [1.807, 2.05) is 0 Å². The third kappa shape index (κ3) is 3.09. The standard InChI is InChI=1S/C21H31N/c1-3-5-7-10-16-14-15-20-21(17(16)11-8-6-4-2)18-12-9-13-19(18)22-20/h14-15,22H,3-13H2,1-2H3. The molecule has 0 bridgehead atoms. The second-order valence-corrected chi connectivity index (χ2v) is 6.98. The van der Waals surface area contributed by atoms with Gasteiger partial charge in [-0.3, -0.25) is 0 Å². The molecule has 2 aromatic rings. The van der Waals surface area contributed by atoms with Gasteiger partial charge >= 0.3 is 0 Å². The van der Waals surface area contributed by atoms with Crippen LogP contribution < -0.4 is 0 Å². The van der Waals surface area contributed by atoms with Crippen molar-refractivity contribution < 1.29 is 0 Å². The lowest BCUT2D eigenvalue weighted by Crippen LogP contribution is -1.98. The number of rotatable bonds is 8. The fraction of sp³-hybridized carbons (Fsp3) is 0.619. The molecule has 0 fully saturated rings. The summed E-state index contributed by atoms with van der Waals surface area (Å²) in [6.45, 7) is 4.60. The number of hydrogen-bond donors (Lipinski definition) is 1. The van der Waals surface area contributed by atoms with E-state index in [0.29, 0.717) is 0 Å². The summed E-state index contributed by atoms with van der Waals surface area (Å²) in [5.74, 6) is 0. The molecular weight excluding hydrogens is 266 g/mol. The number of unbranched alkanes of at least 4 members (excludes halogenated alkanes) is 4. The van der Waals surface area contributed by atoms with Crippen molar-refractivity contribution in [2.75, 3.05) is 0 Å². The molecule has 0 unspecified atom stereocenters. The Morgan fingerprint density at radius 2 is 1.68 bits per heavy atom. The van der Waals surface area contributed by atoms with Gasteiger partial charge < -0.3 is 4.98 Å². The van der Waals surface area contributed by atoms with Crippen molar-refractivity contribution in [2.24, 2.45) is 0 Å². The molecule has 0 radical (unpaired) electrons. The first-order valence-electron chi connectivity index (χ1n) is 9.49. The number of aryl methyl sites for hydroxylation is 4. The van der Waals surface area contributed by atoms with Crippen molar-refractivity contribution in [1.82, 2.24) is 4.98 Å². The highest BCUT2D eigenvalue weighted by Gasteiger charge is 2.20. The minimum atomic E-state index is 1.25. The number of H-pyrrole nitrogens is 1. The smallest absolute Gasteiger partial charge is 0.0461 e. The van der Waals surface area contributed by atoms with Gasteiger partial charge in [-0.2, -0.15) is 0 Å². The first-order chi connectivity index (χ1) is 10.8. The molecule has 0 spiro atoms. The van der Waals surface area contributed by atoms with Crippen LogP contribution in [0.1, 0.15) is 81.2 Å². The molecule has 1 nitrogen and oxygen atoms in total. The van der Waals surface area contributed by atoms with E-state index in [2.05, 4.69) is 31.0 Å². The summed E-state index contributed by atoms with van der Waals surface area (Å²) in [6.07, 6.45) is 14.5. The zero-order valence-electron chi connectivity index (χ0n) is 14.4. The van der Waals surface area contributed by atoms with Crippen LogP contribution in [0.15, 0.2) is 12.1 Å². The second-order valence-electron chi connectivity index (χ2n) is 6.98. The maximum absolute atomic E-state index is 3.70. The number of hydrogen-bond acceptors (Lipinski definition) is 0. The van der Waals surface area contributed by atoms with E-state index < -0.39 is 0 Å². The van der Waals surface area contributed by atoms with Gasteiger partial charge in [0.25, 0.3) is 0 Å².